The minimum Gasteiger partial charge on any atom is -0.493 e. The second-order valence-corrected chi connectivity index (χ2v) is 15.3. The van der Waals surface area contributed by atoms with E-state index in [4.69, 9.17) is 32.9 Å². The van der Waals surface area contributed by atoms with Crippen molar-refractivity contribution in [1.82, 2.24) is 25.3 Å². The third kappa shape index (κ3) is 11.4. The number of nitrogens with zero attached hydrogens (tertiary/aromatic N) is 4. The maximum Gasteiger partial charge on any atom is 0.416 e. The Morgan fingerprint density at radius 3 is 2.05 bits per heavy atom. The van der Waals surface area contributed by atoms with Crippen molar-refractivity contribution in [3.05, 3.63) is 99.0 Å². The van der Waals surface area contributed by atoms with Crippen LogP contribution >= 0.6 is 23.2 Å². The highest BCUT2D eigenvalue weighted by Gasteiger charge is 2.45. The lowest BCUT2D eigenvalue weighted by atomic mass is 9.93. The van der Waals surface area contributed by atoms with Crippen LogP contribution < -0.4 is 15.4 Å². The first-order valence-corrected chi connectivity index (χ1v) is 20.5. The SMILES string of the molecule is CCNCC.CCOc1cc(C(F)(F)F)ccc1C1=NC(c2ccc(Cl)cc2)C(c2ccc(Cl)cc2)N1C(=O)N1CCC(NC(=O)CN2CCCC(C(=O)O)C2)CC1. The van der Waals surface area contributed by atoms with E-state index in [0.717, 1.165) is 30.8 Å². The predicted octanol–water partition coefficient (Wildman–Crippen LogP) is 8.07. The fraction of sp³-hybridized carbons (Fsp3) is 0.476. The zero-order chi connectivity index (χ0) is 42.0. The number of hydrogen-bond donors (Lipinski definition) is 3. The Morgan fingerprint density at radius 2 is 1.50 bits per heavy atom. The van der Waals surface area contributed by atoms with Crippen LogP contribution in [0.5, 0.6) is 5.75 Å². The van der Waals surface area contributed by atoms with Crippen LogP contribution in [0.15, 0.2) is 71.7 Å². The van der Waals surface area contributed by atoms with Crippen molar-refractivity contribution < 1.29 is 37.4 Å². The summed E-state index contributed by atoms with van der Waals surface area (Å²) in [4.78, 5) is 49.3. The number of halogens is 5. The van der Waals surface area contributed by atoms with Gasteiger partial charge in [-0.05, 0) is 106 Å². The third-order valence-corrected chi connectivity index (χ3v) is 10.9. The molecule has 314 valence electrons. The first-order valence-electron chi connectivity index (χ1n) is 19.7. The number of carbonyl (C=O) groups excluding carboxylic acids is 2. The molecule has 3 aromatic rings. The number of nitrogens with one attached hydrogen (secondary N) is 2. The number of carbonyl (C=O) groups is 3. The number of hydrogen-bond acceptors (Lipinski definition) is 7. The Balaban J connectivity index is 0.00000121. The fourth-order valence-electron chi connectivity index (χ4n) is 7.51. The number of alkyl halides is 3. The molecule has 3 heterocycles. The smallest absolute Gasteiger partial charge is 0.416 e. The molecule has 3 unspecified atom stereocenters. The monoisotopic (exact) mass is 846 g/mol. The maximum absolute atomic E-state index is 14.8. The number of rotatable bonds is 11. The Hall–Kier alpha value is -4.37. The van der Waals surface area contributed by atoms with Crippen LogP contribution in [0, 0.1) is 5.92 Å². The molecule has 6 rings (SSSR count). The van der Waals surface area contributed by atoms with E-state index in [0.29, 0.717) is 67.5 Å². The number of aliphatic imine (C=N–C) groups is 1. The van der Waals surface area contributed by atoms with Crippen LogP contribution in [-0.2, 0) is 15.8 Å². The zero-order valence-corrected chi connectivity index (χ0v) is 34.4. The van der Waals surface area contributed by atoms with Gasteiger partial charge in [-0.25, -0.2) is 4.79 Å². The molecule has 2 saturated heterocycles. The molecule has 58 heavy (non-hydrogen) atoms. The minimum absolute atomic E-state index is 0.0599. The Labute approximate surface area is 347 Å². The molecular weight excluding hydrogens is 796 g/mol. The fourth-order valence-corrected chi connectivity index (χ4v) is 7.76. The lowest BCUT2D eigenvalue weighted by Crippen LogP contribution is -2.53. The average molecular weight is 848 g/mol. The van der Waals surface area contributed by atoms with E-state index in [1.807, 2.05) is 4.90 Å². The second-order valence-electron chi connectivity index (χ2n) is 14.4. The topological polar surface area (TPSA) is 127 Å². The Morgan fingerprint density at radius 1 is 0.879 bits per heavy atom. The number of likely N-dealkylation sites (tertiary alicyclic amines) is 2. The van der Waals surface area contributed by atoms with Crippen LogP contribution in [0.2, 0.25) is 10.0 Å². The number of carboxylic acids is 1. The summed E-state index contributed by atoms with van der Waals surface area (Å²) in [6, 6.07) is 15.2. The van der Waals surface area contributed by atoms with Gasteiger partial charge in [0.05, 0.1) is 36.2 Å². The molecule has 3 aromatic carbocycles. The van der Waals surface area contributed by atoms with E-state index >= 15 is 0 Å². The van der Waals surface area contributed by atoms with Crippen molar-refractivity contribution in [3.8, 4) is 5.75 Å². The summed E-state index contributed by atoms with van der Waals surface area (Å²) in [5.74, 6) is -1.45. The van der Waals surface area contributed by atoms with Gasteiger partial charge in [0.1, 0.15) is 17.6 Å². The summed E-state index contributed by atoms with van der Waals surface area (Å²) in [6.07, 6.45) is -2.39. The normalized spacial score (nSPS) is 20.2. The highest BCUT2D eigenvalue weighted by atomic mass is 35.5. The summed E-state index contributed by atoms with van der Waals surface area (Å²) >= 11 is 12.5. The first-order chi connectivity index (χ1) is 27.7. The first kappa shape index (κ1) is 44.7. The van der Waals surface area contributed by atoms with Gasteiger partial charge in [0.25, 0.3) is 0 Å². The predicted molar refractivity (Wildman–Crippen MR) is 219 cm³/mol. The molecule has 11 nitrogen and oxygen atoms in total. The van der Waals surface area contributed by atoms with Crippen molar-refractivity contribution in [2.75, 3.05) is 52.4 Å². The Kier molecular flexibility index (Phi) is 15.8. The van der Waals surface area contributed by atoms with E-state index in [-0.39, 0.29) is 42.2 Å². The summed E-state index contributed by atoms with van der Waals surface area (Å²) < 4.78 is 47.3. The highest BCUT2D eigenvalue weighted by Crippen LogP contribution is 2.46. The number of piperidine rings is 2. The van der Waals surface area contributed by atoms with Crippen molar-refractivity contribution in [3.63, 3.8) is 0 Å². The molecule has 0 spiro atoms. The summed E-state index contributed by atoms with van der Waals surface area (Å²) in [6.45, 7) is 9.79. The molecule has 3 amide bonds. The van der Waals surface area contributed by atoms with Gasteiger partial charge in [-0.1, -0.05) is 61.3 Å². The van der Waals surface area contributed by atoms with Crippen molar-refractivity contribution in [1.29, 1.82) is 0 Å². The van der Waals surface area contributed by atoms with Gasteiger partial charge < -0.3 is 25.4 Å². The second kappa shape index (κ2) is 20.5. The van der Waals surface area contributed by atoms with Gasteiger partial charge in [0.15, 0.2) is 0 Å². The molecular formula is C42H51Cl2F3N6O5. The summed E-state index contributed by atoms with van der Waals surface area (Å²) in [5, 5.41) is 16.6. The van der Waals surface area contributed by atoms with E-state index in [2.05, 4.69) is 24.5 Å². The van der Waals surface area contributed by atoms with Gasteiger partial charge in [0.2, 0.25) is 5.91 Å². The van der Waals surface area contributed by atoms with E-state index in [1.165, 1.54) is 11.0 Å². The van der Waals surface area contributed by atoms with Crippen LogP contribution in [0.1, 0.15) is 80.8 Å². The molecule has 0 radical (unpaired) electrons. The summed E-state index contributed by atoms with van der Waals surface area (Å²) in [5.41, 5.74) is 0.776. The molecule has 16 heteroatoms. The van der Waals surface area contributed by atoms with Gasteiger partial charge in [-0.2, -0.15) is 13.2 Å². The lowest BCUT2D eigenvalue weighted by Gasteiger charge is -2.38. The number of benzene rings is 3. The number of ether oxygens (including phenoxy) is 1. The average Bonchev–Trinajstić information content (AvgIpc) is 3.59. The number of amides is 3. The standard InChI is InChI=1S/C38H40Cl2F3N5O5.C4H11N/c1-2-53-31-20-26(38(41,42)43)9-14-30(31)35-45-33(23-5-10-27(39)11-6-23)34(24-7-12-28(40)13-8-24)48(35)37(52)47-18-15-29(16-19-47)44-32(49)22-46-17-3-4-25(21-46)36(50)51;1-3-5-4-2/h5-14,20,25,29,33-34H,2-4,15-19,21-22H2,1H3,(H,44,49)(H,50,51);5H,3-4H2,1-2H3. The van der Waals surface area contributed by atoms with Gasteiger partial charge >= 0.3 is 18.2 Å². The molecule has 0 aliphatic carbocycles. The molecule has 0 bridgehead atoms. The molecule has 3 atom stereocenters. The lowest BCUT2D eigenvalue weighted by molar-refractivity contribution is -0.144. The van der Waals surface area contributed by atoms with Crippen LogP contribution in [0.3, 0.4) is 0 Å². The van der Waals surface area contributed by atoms with Crippen LogP contribution in [0.25, 0.3) is 0 Å². The van der Waals surface area contributed by atoms with Gasteiger partial charge in [-0.15, -0.1) is 0 Å². The zero-order valence-electron chi connectivity index (χ0n) is 32.9. The van der Waals surface area contributed by atoms with Crippen LogP contribution in [-0.4, -0.2) is 102 Å². The maximum atomic E-state index is 14.8. The molecule has 2 fully saturated rings. The van der Waals surface area contributed by atoms with Crippen molar-refractivity contribution in [2.24, 2.45) is 10.9 Å². The number of urea groups is 1. The Bertz CT molecular complexity index is 1890. The molecule has 3 aliphatic heterocycles. The number of aliphatic carboxylic acids is 1. The summed E-state index contributed by atoms with van der Waals surface area (Å²) in [7, 11) is 0. The molecule has 3 N–H and O–H groups in total. The number of carboxylic acid groups (broad SMARTS) is 1. The van der Waals surface area contributed by atoms with Gasteiger partial charge in [0, 0.05) is 35.7 Å². The van der Waals surface area contributed by atoms with Crippen molar-refractivity contribution in [2.45, 2.75) is 70.8 Å². The van der Waals surface area contributed by atoms with Crippen LogP contribution in [0.4, 0.5) is 18.0 Å². The largest absolute Gasteiger partial charge is 0.493 e. The molecule has 0 saturated carbocycles. The van der Waals surface area contributed by atoms with Gasteiger partial charge in [-0.3, -0.25) is 24.4 Å². The quantitative estimate of drug-likeness (QED) is 0.178. The van der Waals surface area contributed by atoms with E-state index < -0.39 is 41.7 Å². The third-order valence-electron chi connectivity index (χ3n) is 10.4. The molecule has 0 aromatic heterocycles. The van der Waals surface area contributed by atoms with E-state index in [1.54, 1.807) is 60.4 Å². The minimum atomic E-state index is -4.62. The highest BCUT2D eigenvalue weighted by molar-refractivity contribution is 6.30. The molecule has 3 aliphatic rings. The number of amidine groups is 1. The van der Waals surface area contributed by atoms with E-state index in [9.17, 15) is 32.7 Å². The van der Waals surface area contributed by atoms with Crippen molar-refractivity contribution >= 4 is 46.9 Å².